The van der Waals surface area contributed by atoms with Gasteiger partial charge in [0.15, 0.2) is 0 Å². The van der Waals surface area contributed by atoms with Crippen molar-refractivity contribution >= 4 is 0 Å². The predicted octanol–water partition coefficient (Wildman–Crippen LogP) is 4.12. The Morgan fingerprint density at radius 2 is 2.19 bits per heavy atom. The Balaban J connectivity index is 1.85. The van der Waals surface area contributed by atoms with Gasteiger partial charge in [-0.2, -0.15) is 0 Å². The molecule has 3 nitrogen and oxygen atoms in total. The molecule has 0 radical (unpaired) electrons. The molecule has 3 rings (SSSR count). The normalized spacial score (nSPS) is 28.1. The van der Waals surface area contributed by atoms with Gasteiger partial charge in [-0.1, -0.05) is 19.4 Å². The third-order valence-electron chi connectivity index (χ3n) is 4.88. The lowest BCUT2D eigenvalue weighted by molar-refractivity contribution is 0.0353. The Morgan fingerprint density at radius 3 is 2.95 bits per heavy atom. The first-order valence-corrected chi connectivity index (χ1v) is 8.24. The summed E-state index contributed by atoms with van der Waals surface area (Å²) in [7, 11) is 0. The molecule has 0 bridgehead atoms. The van der Waals surface area contributed by atoms with Gasteiger partial charge in [-0.05, 0) is 45.2 Å². The van der Waals surface area contributed by atoms with Gasteiger partial charge < -0.3 is 9.84 Å². The highest BCUT2D eigenvalue weighted by molar-refractivity contribution is 5.44. The Bertz CT molecular complexity index is 512. The van der Waals surface area contributed by atoms with Crippen molar-refractivity contribution in [3.63, 3.8) is 0 Å². The van der Waals surface area contributed by atoms with Gasteiger partial charge >= 0.3 is 0 Å². The molecule has 0 aromatic heterocycles. The maximum atomic E-state index is 9.73. The van der Waals surface area contributed by atoms with E-state index in [1.54, 1.807) is 12.1 Å². The molecule has 0 spiro atoms. The minimum atomic E-state index is -0.172. The summed E-state index contributed by atoms with van der Waals surface area (Å²) in [6.45, 7) is 8.96. The first kappa shape index (κ1) is 14.7. The number of phenolic OH excluding ortho intramolecular Hbond substituents is 1. The van der Waals surface area contributed by atoms with E-state index in [0.29, 0.717) is 6.04 Å². The standard InChI is InChI=1S/C18H27NO2/c1-4-5-13-8-9-19(12-13)16-11-18(2,3)21-17-10-14(20)6-7-15(16)17/h6-7,10,13,16,20H,4-5,8-9,11-12H2,1-3H3. The Hall–Kier alpha value is -1.22. The summed E-state index contributed by atoms with van der Waals surface area (Å²) in [5.74, 6) is 1.99. The van der Waals surface area contributed by atoms with Crippen LogP contribution in [0.4, 0.5) is 0 Å². The summed E-state index contributed by atoms with van der Waals surface area (Å²) in [4.78, 5) is 2.63. The third-order valence-corrected chi connectivity index (χ3v) is 4.88. The zero-order valence-corrected chi connectivity index (χ0v) is 13.4. The molecule has 2 aliphatic heterocycles. The highest BCUT2D eigenvalue weighted by Crippen LogP contribution is 2.45. The second kappa shape index (κ2) is 5.53. The van der Waals surface area contributed by atoms with Gasteiger partial charge in [0.05, 0.1) is 0 Å². The molecule has 2 unspecified atom stereocenters. The lowest BCUT2D eigenvalue weighted by Gasteiger charge is -2.41. The average molecular weight is 289 g/mol. The summed E-state index contributed by atoms with van der Waals surface area (Å²) in [5, 5.41) is 9.73. The Morgan fingerprint density at radius 1 is 1.38 bits per heavy atom. The first-order chi connectivity index (χ1) is 9.98. The van der Waals surface area contributed by atoms with E-state index < -0.39 is 0 Å². The van der Waals surface area contributed by atoms with Crippen LogP contribution in [-0.4, -0.2) is 28.7 Å². The van der Waals surface area contributed by atoms with Crippen molar-refractivity contribution in [3.8, 4) is 11.5 Å². The van der Waals surface area contributed by atoms with Crippen molar-refractivity contribution in [2.24, 2.45) is 5.92 Å². The third kappa shape index (κ3) is 3.03. The summed E-state index contributed by atoms with van der Waals surface area (Å²) in [6, 6.07) is 6.01. The highest BCUT2D eigenvalue weighted by Gasteiger charge is 2.39. The molecule has 1 aromatic carbocycles. The molecule has 1 N–H and O–H groups in total. The predicted molar refractivity (Wildman–Crippen MR) is 84.8 cm³/mol. The van der Waals surface area contributed by atoms with Crippen molar-refractivity contribution < 1.29 is 9.84 Å². The molecule has 1 saturated heterocycles. The molecular formula is C18H27NO2. The van der Waals surface area contributed by atoms with E-state index in [4.69, 9.17) is 4.74 Å². The van der Waals surface area contributed by atoms with Crippen molar-refractivity contribution in [2.45, 2.75) is 58.1 Å². The van der Waals surface area contributed by atoms with Gasteiger partial charge in [-0.15, -0.1) is 0 Å². The maximum absolute atomic E-state index is 9.73. The van der Waals surface area contributed by atoms with E-state index in [1.165, 1.54) is 37.9 Å². The van der Waals surface area contributed by atoms with E-state index in [1.807, 2.05) is 6.07 Å². The molecule has 2 heterocycles. The van der Waals surface area contributed by atoms with Gasteiger partial charge in [-0.25, -0.2) is 0 Å². The SMILES string of the molecule is CCCC1CCN(C2CC(C)(C)Oc3cc(O)ccc32)C1. The molecule has 3 heteroatoms. The van der Waals surface area contributed by atoms with Gasteiger partial charge in [0.25, 0.3) is 0 Å². The van der Waals surface area contributed by atoms with Crippen LogP contribution in [0.15, 0.2) is 18.2 Å². The van der Waals surface area contributed by atoms with E-state index in [-0.39, 0.29) is 11.4 Å². The topological polar surface area (TPSA) is 32.7 Å². The molecule has 0 aliphatic carbocycles. The Labute approximate surface area is 127 Å². The van der Waals surface area contributed by atoms with Crippen LogP contribution in [0, 0.1) is 5.92 Å². The van der Waals surface area contributed by atoms with Crippen LogP contribution in [0.2, 0.25) is 0 Å². The number of phenols is 1. The molecule has 2 aliphatic rings. The van der Waals surface area contributed by atoms with Gasteiger partial charge in [0.2, 0.25) is 0 Å². The first-order valence-electron chi connectivity index (χ1n) is 8.24. The number of fused-ring (bicyclic) bond motifs is 1. The van der Waals surface area contributed by atoms with E-state index in [2.05, 4.69) is 25.7 Å². The lowest BCUT2D eigenvalue weighted by Crippen LogP contribution is -2.40. The number of hydrogen-bond donors (Lipinski definition) is 1. The number of aromatic hydroxyl groups is 1. The monoisotopic (exact) mass is 289 g/mol. The molecule has 116 valence electrons. The number of nitrogens with zero attached hydrogens (tertiary/aromatic N) is 1. The molecule has 0 amide bonds. The van der Waals surface area contributed by atoms with Crippen molar-refractivity contribution in [1.82, 2.24) is 4.90 Å². The number of hydrogen-bond acceptors (Lipinski definition) is 3. The van der Waals surface area contributed by atoms with E-state index in [9.17, 15) is 5.11 Å². The van der Waals surface area contributed by atoms with Crippen molar-refractivity contribution in [1.29, 1.82) is 0 Å². The maximum Gasteiger partial charge on any atom is 0.128 e. The number of likely N-dealkylation sites (tertiary alicyclic amines) is 1. The minimum Gasteiger partial charge on any atom is -0.508 e. The summed E-state index contributed by atoms with van der Waals surface area (Å²) < 4.78 is 6.08. The summed E-state index contributed by atoms with van der Waals surface area (Å²) in [6.07, 6.45) is 4.95. The molecular weight excluding hydrogens is 262 g/mol. The van der Waals surface area contributed by atoms with Crippen LogP contribution >= 0.6 is 0 Å². The minimum absolute atomic E-state index is 0.172. The van der Waals surface area contributed by atoms with Crippen LogP contribution in [0.3, 0.4) is 0 Å². The van der Waals surface area contributed by atoms with Crippen LogP contribution in [0.5, 0.6) is 11.5 Å². The number of rotatable bonds is 3. The lowest BCUT2D eigenvalue weighted by atomic mass is 9.88. The molecule has 1 fully saturated rings. The largest absolute Gasteiger partial charge is 0.508 e. The zero-order chi connectivity index (χ0) is 15.0. The van der Waals surface area contributed by atoms with Gasteiger partial charge in [-0.3, -0.25) is 4.90 Å². The highest BCUT2D eigenvalue weighted by atomic mass is 16.5. The molecule has 0 saturated carbocycles. The fraction of sp³-hybridized carbons (Fsp3) is 0.667. The zero-order valence-electron chi connectivity index (χ0n) is 13.4. The van der Waals surface area contributed by atoms with Gasteiger partial charge in [0, 0.05) is 30.6 Å². The van der Waals surface area contributed by atoms with Crippen LogP contribution < -0.4 is 4.74 Å². The summed E-state index contributed by atoms with van der Waals surface area (Å²) in [5.41, 5.74) is 1.07. The summed E-state index contributed by atoms with van der Waals surface area (Å²) >= 11 is 0. The fourth-order valence-electron chi connectivity index (χ4n) is 3.92. The average Bonchev–Trinajstić information content (AvgIpc) is 2.85. The van der Waals surface area contributed by atoms with E-state index >= 15 is 0 Å². The van der Waals surface area contributed by atoms with E-state index in [0.717, 1.165) is 18.1 Å². The number of benzene rings is 1. The van der Waals surface area contributed by atoms with Gasteiger partial charge in [0.1, 0.15) is 17.1 Å². The molecule has 2 atom stereocenters. The van der Waals surface area contributed by atoms with Crippen LogP contribution in [0.1, 0.15) is 58.1 Å². The molecule has 1 aromatic rings. The second-order valence-corrected chi connectivity index (χ2v) is 7.24. The smallest absolute Gasteiger partial charge is 0.128 e. The van der Waals surface area contributed by atoms with Crippen molar-refractivity contribution in [3.05, 3.63) is 23.8 Å². The van der Waals surface area contributed by atoms with Crippen LogP contribution in [0.25, 0.3) is 0 Å². The van der Waals surface area contributed by atoms with Crippen LogP contribution in [-0.2, 0) is 0 Å². The Kier molecular flexibility index (Phi) is 3.87. The molecule has 21 heavy (non-hydrogen) atoms. The fourth-order valence-corrected chi connectivity index (χ4v) is 3.92. The second-order valence-electron chi connectivity index (χ2n) is 7.24. The van der Waals surface area contributed by atoms with Crippen molar-refractivity contribution in [2.75, 3.05) is 13.1 Å². The number of ether oxygens (including phenoxy) is 1. The quantitative estimate of drug-likeness (QED) is 0.908.